The van der Waals surface area contributed by atoms with Gasteiger partial charge in [0, 0.05) is 17.5 Å². The number of carbonyl (C=O) groups excluding carboxylic acids is 3. The van der Waals surface area contributed by atoms with Crippen molar-refractivity contribution in [2.75, 3.05) is 0 Å². The molecule has 3 aliphatic rings. The summed E-state index contributed by atoms with van der Waals surface area (Å²) in [6.07, 6.45) is 5.86. The van der Waals surface area contributed by atoms with Gasteiger partial charge in [-0.1, -0.05) is 25.7 Å². The average Bonchev–Trinajstić information content (AvgIpc) is 2.81. The Bertz CT molecular complexity index is 816. The number of nitrogens with one attached hydrogen (secondary N) is 1. The van der Waals surface area contributed by atoms with E-state index in [4.69, 9.17) is 0 Å². The molecule has 0 spiro atoms. The summed E-state index contributed by atoms with van der Waals surface area (Å²) in [6, 6.07) is 0.304. The molecule has 0 radical (unpaired) electrons. The first-order valence-corrected chi connectivity index (χ1v) is 9.62. The van der Waals surface area contributed by atoms with Crippen LogP contribution in [0.3, 0.4) is 0 Å². The second-order valence-corrected chi connectivity index (χ2v) is 7.70. The summed E-state index contributed by atoms with van der Waals surface area (Å²) in [5.41, 5.74) is 0.256. The molecule has 1 saturated heterocycles. The van der Waals surface area contributed by atoms with Crippen LogP contribution in [0.25, 0.3) is 0 Å². The van der Waals surface area contributed by atoms with Gasteiger partial charge in [0.05, 0.1) is 12.1 Å². The quantitative estimate of drug-likeness (QED) is 0.637. The van der Waals surface area contributed by atoms with Gasteiger partial charge in [-0.15, -0.1) is 0 Å². The minimum atomic E-state index is -0.827. The number of imide groups is 1. The second kappa shape index (κ2) is 7.02. The number of halogens is 2. The molecule has 1 N–H and O–H groups in total. The van der Waals surface area contributed by atoms with Gasteiger partial charge in [0.1, 0.15) is 17.7 Å². The van der Waals surface area contributed by atoms with Crippen LogP contribution in [0.4, 0.5) is 8.78 Å². The zero-order valence-electron chi connectivity index (χ0n) is 15.0. The van der Waals surface area contributed by atoms with Crippen LogP contribution in [-0.4, -0.2) is 28.7 Å². The molecular formula is C20H22F2N2O3. The molecule has 2 fully saturated rings. The van der Waals surface area contributed by atoms with Crippen LogP contribution in [0, 0.1) is 11.6 Å². The topological polar surface area (TPSA) is 66.5 Å². The summed E-state index contributed by atoms with van der Waals surface area (Å²) >= 11 is 0. The van der Waals surface area contributed by atoms with Gasteiger partial charge in [0.25, 0.3) is 5.91 Å². The summed E-state index contributed by atoms with van der Waals surface area (Å²) in [7, 11) is 0. The highest BCUT2D eigenvalue weighted by Gasteiger charge is 2.41. The molecule has 1 aromatic rings. The van der Waals surface area contributed by atoms with E-state index in [-0.39, 0.29) is 47.9 Å². The maximum Gasteiger partial charge on any atom is 0.255 e. The molecule has 0 aromatic heterocycles. The molecule has 1 unspecified atom stereocenters. The number of fused-ring (bicyclic) bond motifs is 1. The van der Waals surface area contributed by atoms with E-state index in [1.54, 1.807) is 0 Å². The van der Waals surface area contributed by atoms with E-state index in [0.29, 0.717) is 0 Å². The fourth-order valence-corrected chi connectivity index (χ4v) is 4.59. The highest BCUT2D eigenvalue weighted by atomic mass is 19.1. The monoisotopic (exact) mass is 376 g/mol. The maximum atomic E-state index is 15.3. The smallest absolute Gasteiger partial charge is 0.255 e. The normalized spacial score (nSPS) is 24.0. The lowest BCUT2D eigenvalue weighted by molar-refractivity contribution is -0.136. The van der Waals surface area contributed by atoms with Crippen LogP contribution in [0.2, 0.25) is 0 Å². The fourth-order valence-electron chi connectivity index (χ4n) is 4.59. The van der Waals surface area contributed by atoms with Crippen LogP contribution in [0.1, 0.15) is 78.8 Å². The molecular weight excluding hydrogens is 354 g/mol. The maximum absolute atomic E-state index is 15.3. The van der Waals surface area contributed by atoms with Gasteiger partial charge in [0.15, 0.2) is 0 Å². The van der Waals surface area contributed by atoms with E-state index in [1.807, 2.05) is 0 Å². The van der Waals surface area contributed by atoms with Crippen molar-refractivity contribution in [3.8, 4) is 0 Å². The second-order valence-electron chi connectivity index (χ2n) is 7.70. The Morgan fingerprint density at radius 1 is 1.00 bits per heavy atom. The predicted molar refractivity (Wildman–Crippen MR) is 92.8 cm³/mol. The third-order valence-electron chi connectivity index (χ3n) is 6.02. The van der Waals surface area contributed by atoms with Gasteiger partial charge in [-0.3, -0.25) is 19.7 Å². The standard InChI is InChI=1S/C20H22F2N2O3/c21-14-9-12-13(18(22)17(14)11-5-3-1-2-4-6-11)10-24(20(12)27)15-7-8-16(25)23-19(15)26/h9,11,15H,1-8,10H2,(H,23,25,26). The van der Waals surface area contributed by atoms with Crippen LogP contribution in [-0.2, 0) is 16.1 Å². The Hall–Kier alpha value is -2.31. The molecule has 7 heteroatoms. The molecule has 27 heavy (non-hydrogen) atoms. The Morgan fingerprint density at radius 2 is 1.70 bits per heavy atom. The van der Waals surface area contributed by atoms with Gasteiger partial charge >= 0.3 is 0 Å². The highest BCUT2D eigenvalue weighted by molar-refractivity contribution is 6.05. The molecule has 1 aliphatic carbocycles. The number of rotatable bonds is 2. The third kappa shape index (κ3) is 3.13. The van der Waals surface area contributed by atoms with Crippen molar-refractivity contribution < 1.29 is 23.2 Å². The summed E-state index contributed by atoms with van der Waals surface area (Å²) in [5.74, 6) is -2.97. The number of carbonyl (C=O) groups is 3. The predicted octanol–water partition coefficient (Wildman–Crippen LogP) is 3.16. The van der Waals surface area contributed by atoms with Gasteiger partial charge < -0.3 is 4.90 Å². The Labute approximate surface area is 156 Å². The lowest BCUT2D eigenvalue weighted by Crippen LogP contribution is -2.52. The van der Waals surface area contributed by atoms with Crippen molar-refractivity contribution in [3.63, 3.8) is 0 Å². The minimum Gasteiger partial charge on any atom is -0.322 e. The van der Waals surface area contributed by atoms with Crippen molar-refractivity contribution in [2.24, 2.45) is 0 Å². The van der Waals surface area contributed by atoms with Crippen molar-refractivity contribution >= 4 is 17.7 Å². The van der Waals surface area contributed by atoms with E-state index in [0.717, 1.165) is 44.6 Å². The van der Waals surface area contributed by atoms with Gasteiger partial charge in [-0.05, 0) is 31.2 Å². The van der Waals surface area contributed by atoms with Crippen molar-refractivity contribution in [1.82, 2.24) is 10.2 Å². The average molecular weight is 376 g/mol. The van der Waals surface area contributed by atoms with Gasteiger partial charge in [-0.25, -0.2) is 8.78 Å². The lowest BCUT2D eigenvalue weighted by atomic mass is 9.88. The number of nitrogens with zero attached hydrogens (tertiary/aromatic N) is 1. The van der Waals surface area contributed by atoms with E-state index < -0.39 is 29.5 Å². The van der Waals surface area contributed by atoms with E-state index in [1.165, 1.54) is 4.90 Å². The highest BCUT2D eigenvalue weighted by Crippen LogP contribution is 2.39. The first kappa shape index (κ1) is 18.1. The van der Waals surface area contributed by atoms with Gasteiger partial charge in [0.2, 0.25) is 11.8 Å². The molecule has 0 bridgehead atoms. The van der Waals surface area contributed by atoms with Crippen molar-refractivity contribution in [3.05, 3.63) is 34.4 Å². The molecule has 2 heterocycles. The molecule has 144 valence electrons. The first-order chi connectivity index (χ1) is 13.0. The third-order valence-corrected chi connectivity index (χ3v) is 6.02. The zero-order valence-corrected chi connectivity index (χ0v) is 15.0. The summed E-state index contributed by atoms with van der Waals surface area (Å²) < 4.78 is 30.0. The number of piperidine rings is 1. The van der Waals surface area contributed by atoms with Gasteiger partial charge in [-0.2, -0.15) is 0 Å². The zero-order chi connectivity index (χ0) is 19.1. The molecule has 1 atom stereocenters. The summed E-state index contributed by atoms with van der Waals surface area (Å²) in [4.78, 5) is 37.4. The molecule has 2 aliphatic heterocycles. The number of benzene rings is 1. The van der Waals surface area contributed by atoms with Crippen LogP contribution >= 0.6 is 0 Å². The molecule has 3 amide bonds. The minimum absolute atomic E-state index is 0.00734. The molecule has 1 saturated carbocycles. The Balaban J connectivity index is 1.66. The van der Waals surface area contributed by atoms with Crippen molar-refractivity contribution in [2.45, 2.75) is 69.9 Å². The van der Waals surface area contributed by atoms with E-state index >= 15 is 4.39 Å². The van der Waals surface area contributed by atoms with Crippen molar-refractivity contribution in [1.29, 1.82) is 0 Å². The Morgan fingerprint density at radius 3 is 2.37 bits per heavy atom. The molecule has 1 aromatic carbocycles. The summed E-state index contributed by atoms with van der Waals surface area (Å²) in [5, 5.41) is 2.21. The van der Waals surface area contributed by atoms with Crippen LogP contribution in [0.5, 0.6) is 0 Å². The SMILES string of the molecule is O=C1CCC(N2Cc3c(cc(F)c(C4CCCCCC4)c3F)C2=O)C(=O)N1. The first-order valence-electron chi connectivity index (χ1n) is 9.62. The fraction of sp³-hybridized carbons (Fsp3) is 0.550. The largest absolute Gasteiger partial charge is 0.322 e. The lowest BCUT2D eigenvalue weighted by Gasteiger charge is -2.29. The molecule has 4 rings (SSSR count). The Kier molecular flexibility index (Phi) is 4.70. The number of amides is 3. The van der Waals surface area contributed by atoms with Crippen LogP contribution < -0.4 is 5.32 Å². The van der Waals surface area contributed by atoms with E-state index in [2.05, 4.69) is 5.32 Å². The van der Waals surface area contributed by atoms with E-state index in [9.17, 15) is 18.8 Å². The number of hydrogen-bond acceptors (Lipinski definition) is 3. The van der Waals surface area contributed by atoms with Crippen LogP contribution in [0.15, 0.2) is 6.07 Å². The summed E-state index contributed by atoms with van der Waals surface area (Å²) in [6.45, 7) is -0.0632. The number of hydrogen-bond donors (Lipinski definition) is 1. The molecule has 5 nitrogen and oxygen atoms in total.